The number of methoxy groups -OCH3 is 1. The van der Waals surface area contributed by atoms with E-state index in [2.05, 4.69) is 18.3 Å². The lowest BCUT2D eigenvalue weighted by Gasteiger charge is -2.17. The van der Waals surface area contributed by atoms with Crippen LogP contribution in [0.3, 0.4) is 0 Å². The molecule has 0 aliphatic heterocycles. The van der Waals surface area contributed by atoms with E-state index in [0.717, 1.165) is 31.1 Å². The van der Waals surface area contributed by atoms with Crippen molar-refractivity contribution in [1.29, 1.82) is 0 Å². The van der Waals surface area contributed by atoms with Gasteiger partial charge >= 0.3 is 0 Å². The van der Waals surface area contributed by atoms with Gasteiger partial charge in [0.25, 0.3) is 0 Å². The Morgan fingerprint density at radius 3 is 2.74 bits per heavy atom. The predicted octanol–water partition coefficient (Wildman–Crippen LogP) is 3.52. The summed E-state index contributed by atoms with van der Waals surface area (Å²) in [5.41, 5.74) is 1.19. The van der Waals surface area contributed by atoms with E-state index < -0.39 is 0 Å². The molecular weight excluding hydrogens is 238 g/mol. The van der Waals surface area contributed by atoms with Gasteiger partial charge in [0.15, 0.2) is 11.5 Å². The molecule has 1 aromatic carbocycles. The minimum Gasteiger partial charge on any atom is -0.493 e. The van der Waals surface area contributed by atoms with Crippen LogP contribution in [0, 0.1) is 0 Å². The summed E-state index contributed by atoms with van der Waals surface area (Å²) in [5.74, 6) is 1.73. The molecule has 3 nitrogen and oxygen atoms in total. The normalized spacial score (nSPS) is 15.7. The number of hydrogen-bond donors (Lipinski definition) is 1. The molecule has 19 heavy (non-hydrogen) atoms. The highest BCUT2D eigenvalue weighted by Crippen LogP contribution is 2.31. The lowest BCUT2D eigenvalue weighted by molar-refractivity contribution is 0.290. The van der Waals surface area contributed by atoms with Gasteiger partial charge in [-0.3, -0.25) is 0 Å². The number of nitrogens with one attached hydrogen (secondary N) is 1. The van der Waals surface area contributed by atoms with Crippen molar-refractivity contribution in [2.24, 2.45) is 0 Å². The second-order valence-electron chi connectivity index (χ2n) is 5.16. The first-order valence-electron chi connectivity index (χ1n) is 7.37. The van der Waals surface area contributed by atoms with Crippen LogP contribution < -0.4 is 14.8 Å². The molecule has 1 aliphatic rings. The highest BCUT2D eigenvalue weighted by molar-refractivity contribution is 5.46. The van der Waals surface area contributed by atoms with Gasteiger partial charge in [0, 0.05) is 18.2 Å². The van der Waals surface area contributed by atoms with Gasteiger partial charge in [0.05, 0.1) is 13.7 Å². The molecule has 0 saturated heterocycles. The van der Waals surface area contributed by atoms with Crippen molar-refractivity contribution >= 4 is 0 Å². The van der Waals surface area contributed by atoms with Gasteiger partial charge in [-0.1, -0.05) is 31.9 Å². The molecule has 3 heteroatoms. The standard InChI is InChI=1S/C16H25NO2/c1-3-11-19-16-13(7-6-10-15(16)18-2)12-17-14-8-4-5-9-14/h6-7,10,14,17H,3-5,8-9,11-12H2,1-2H3. The SMILES string of the molecule is CCCOc1c(CNC2CCCC2)cccc1OC. The quantitative estimate of drug-likeness (QED) is 0.816. The van der Waals surface area contributed by atoms with Crippen LogP contribution in [0.15, 0.2) is 18.2 Å². The Hall–Kier alpha value is -1.22. The maximum atomic E-state index is 5.86. The Balaban J connectivity index is 2.03. The molecule has 0 atom stereocenters. The molecule has 1 saturated carbocycles. The molecule has 0 spiro atoms. The topological polar surface area (TPSA) is 30.5 Å². The minimum atomic E-state index is 0.672. The van der Waals surface area contributed by atoms with Crippen molar-refractivity contribution in [3.63, 3.8) is 0 Å². The van der Waals surface area contributed by atoms with Crippen LogP contribution in [-0.4, -0.2) is 19.8 Å². The summed E-state index contributed by atoms with van der Waals surface area (Å²) in [7, 11) is 1.70. The zero-order valence-corrected chi connectivity index (χ0v) is 12.1. The van der Waals surface area contributed by atoms with Crippen LogP contribution >= 0.6 is 0 Å². The Morgan fingerprint density at radius 2 is 2.05 bits per heavy atom. The first-order chi connectivity index (χ1) is 9.35. The molecule has 1 N–H and O–H groups in total. The van der Waals surface area contributed by atoms with Crippen molar-refractivity contribution in [2.75, 3.05) is 13.7 Å². The van der Waals surface area contributed by atoms with E-state index in [1.54, 1.807) is 7.11 Å². The summed E-state index contributed by atoms with van der Waals surface area (Å²) in [6.07, 6.45) is 6.32. The minimum absolute atomic E-state index is 0.672. The average Bonchev–Trinajstić information content (AvgIpc) is 2.96. The number of ether oxygens (including phenoxy) is 2. The lowest BCUT2D eigenvalue weighted by atomic mass is 10.1. The summed E-state index contributed by atoms with van der Waals surface area (Å²) >= 11 is 0. The van der Waals surface area contributed by atoms with E-state index in [1.165, 1.54) is 31.2 Å². The molecule has 1 aromatic rings. The van der Waals surface area contributed by atoms with Gasteiger partial charge in [-0.25, -0.2) is 0 Å². The number of hydrogen-bond acceptors (Lipinski definition) is 3. The highest BCUT2D eigenvalue weighted by atomic mass is 16.5. The fraction of sp³-hybridized carbons (Fsp3) is 0.625. The fourth-order valence-corrected chi connectivity index (χ4v) is 2.61. The van der Waals surface area contributed by atoms with E-state index in [4.69, 9.17) is 9.47 Å². The molecule has 1 aliphatic carbocycles. The molecular formula is C16H25NO2. The number of para-hydroxylation sites is 1. The van der Waals surface area contributed by atoms with Gasteiger partial charge in [-0.15, -0.1) is 0 Å². The van der Waals surface area contributed by atoms with E-state index in [0.29, 0.717) is 6.04 Å². The summed E-state index contributed by atoms with van der Waals surface area (Å²) in [6.45, 7) is 3.71. The molecule has 0 bridgehead atoms. The van der Waals surface area contributed by atoms with Gasteiger partial charge < -0.3 is 14.8 Å². The highest BCUT2D eigenvalue weighted by Gasteiger charge is 2.16. The Labute approximate surface area is 116 Å². The molecule has 106 valence electrons. The van der Waals surface area contributed by atoms with Crippen LogP contribution in [0.25, 0.3) is 0 Å². The van der Waals surface area contributed by atoms with E-state index in [1.807, 2.05) is 12.1 Å². The predicted molar refractivity (Wildman–Crippen MR) is 77.9 cm³/mol. The van der Waals surface area contributed by atoms with Crippen molar-refractivity contribution in [1.82, 2.24) is 5.32 Å². The summed E-state index contributed by atoms with van der Waals surface area (Å²) in [4.78, 5) is 0. The van der Waals surface area contributed by atoms with Crippen LogP contribution in [0.4, 0.5) is 0 Å². The number of rotatable bonds is 7. The molecule has 0 unspecified atom stereocenters. The van der Waals surface area contributed by atoms with Crippen LogP contribution in [0.1, 0.15) is 44.6 Å². The second-order valence-corrected chi connectivity index (χ2v) is 5.16. The molecule has 0 heterocycles. The second kappa shape index (κ2) is 7.39. The molecule has 1 fully saturated rings. The van der Waals surface area contributed by atoms with Gasteiger partial charge in [0.2, 0.25) is 0 Å². The van der Waals surface area contributed by atoms with Crippen molar-refractivity contribution in [3.8, 4) is 11.5 Å². The van der Waals surface area contributed by atoms with Crippen molar-refractivity contribution in [2.45, 2.75) is 51.6 Å². The van der Waals surface area contributed by atoms with E-state index >= 15 is 0 Å². The van der Waals surface area contributed by atoms with E-state index in [-0.39, 0.29) is 0 Å². The molecule has 0 aromatic heterocycles. The van der Waals surface area contributed by atoms with Gasteiger partial charge in [-0.2, -0.15) is 0 Å². The Kier molecular flexibility index (Phi) is 5.52. The molecule has 0 radical (unpaired) electrons. The van der Waals surface area contributed by atoms with Gasteiger partial charge in [0.1, 0.15) is 0 Å². The summed E-state index contributed by atoms with van der Waals surface area (Å²) < 4.78 is 11.3. The van der Waals surface area contributed by atoms with Crippen LogP contribution in [0.5, 0.6) is 11.5 Å². The first kappa shape index (κ1) is 14.2. The van der Waals surface area contributed by atoms with Crippen molar-refractivity contribution < 1.29 is 9.47 Å². The Morgan fingerprint density at radius 1 is 1.26 bits per heavy atom. The largest absolute Gasteiger partial charge is 0.493 e. The maximum Gasteiger partial charge on any atom is 0.165 e. The Bertz CT molecular complexity index is 386. The first-order valence-corrected chi connectivity index (χ1v) is 7.37. The molecule has 2 rings (SSSR count). The zero-order chi connectivity index (χ0) is 13.5. The number of benzene rings is 1. The summed E-state index contributed by atoms with van der Waals surface area (Å²) in [6, 6.07) is 6.79. The smallest absolute Gasteiger partial charge is 0.165 e. The summed E-state index contributed by atoms with van der Waals surface area (Å²) in [5, 5.41) is 3.63. The fourth-order valence-electron chi connectivity index (χ4n) is 2.61. The lowest BCUT2D eigenvalue weighted by Crippen LogP contribution is -2.25. The van der Waals surface area contributed by atoms with E-state index in [9.17, 15) is 0 Å². The average molecular weight is 263 g/mol. The van der Waals surface area contributed by atoms with Gasteiger partial charge in [-0.05, 0) is 25.3 Å². The van der Waals surface area contributed by atoms with Crippen molar-refractivity contribution in [3.05, 3.63) is 23.8 Å². The zero-order valence-electron chi connectivity index (χ0n) is 12.1. The maximum absolute atomic E-state index is 5.86. The van der Waals surface area contributed by atoms with Crippen LogP contribution in [0.2, 0.25) is 0 Å². The van der Waals surface area contributed by atoms with Crippen LogP contribution in [-0.2, 0) is 6.54 Å². The third-order valence-electron chi connectivity index (χ3n) is 3.67. The monoisotopic (exact) mass is 263 g/mol. The molecule has 0 amide bonds. The third kappa shape index (κ3) is 3.87. The third-order valence-corrected chi connectivity index (χ3v) is 3.67.